The predicted molar refractivity (Wildman–Crippen MR) is 73.3 cm³/mol. The number of carbonyl (C=O) groups is 2. The first-order chi connectivity index (χ1) is 8.68. The van der Waals surface area contributed by atoms with Gasteiger partial charge in [-0.05, 0) is 17.5 Å². The maximum atomic E-state index is 11.7. The Morgan fingerprint density at radius 1 is 0.833 bits per heavy atom. The van der Waals surface area contributed by atoms with Crippen LogP contribution in [-0.2, 0) is 9.59 Å². The highest BCUT2D eigenvalue weighted by atomic mass is 79.9. The minimum absolute atomic E-state index is 0.299. The number of fused-ring (bicyclic) bond motifs is 1. The van der Waals surface area contributed by atoms with Crippen LogP contribution < -0.4 is 4.90 Å². The molecule has 4 heteroatoms. The number of carbonyl (C=O) groups excluding carboxylic acids is 2. The lowest BCUT2D eigenvalue weighted by Crippen LogP contribution is -2.29. The average molecular weight is 302 g/mol. The van der Waals surface area contributed by atoms with Crippen molar-refractivity contribution < 1.29 is 9.59 Å². The minimum atomic E-state index is -0.299. The van der Waals surface area contributed by atoms with E-state index in [1.165, 1.54) is 17.1 Å². The van der Waals surface area contributed by atoms with Gasteiger partial charge in [0.15, 0.2) is 0 Å². The molecule has 1 aliphatic heterocycles. The Morgan fingerprint density at radius 3 is 2.11 bits per heavy atom. The molecule has 0 atom stereocenters. The van der Waals surface area contributed by atoms with Crippen molar-refractivity contribution in [2.45, 2.75) is 0 Å². The summed E-state index contributed by atoms with van der Waals surface area (Å²) >= 11 is 3.47. The molecule has 1 aliphatic rings. The second-order valence-electron chi connectivity index (χ2n) is 3.96. The van der Waals surface area contributed by atoms with E-state index < -0.39 is 0 Å². The molecule has 2 amide bonds. The number of hydrogen-bond acceptors (Lipinski definition) is 2. The van der Waals surface area contributed by atoms with Gasteiger partial charge in [-0.25, -0.2) is 4.90 Å². The van der Waals surface area contributed by atoms with E-state index in [-0.39, 0.29) is 11.8 Å². The highest BCUT2D eigenvalue weighted by molar-refractivity contribution is 9.10. The maximum Gasteiger partial charge on any atom is 0.258 e. The zero-order valence-corrected chi connectivity index (χ0v) is 10.8. The number of halogens is 1. The van der Waals surface area contributed by atoms with Gasteiger partial charge in [-0.2, -0.15) is 0 Å². The van der Waals surface area contributed by atoms with E-state index >= 15 is 0 Å². The molecule has 0 spiro atoms. The van der Waals surface area contributed by atoms with Crippen LogP contribution in [0.15, 0.2) is 53.0 Å². The number of anilines is 1. The summed E-state index contributed by atoms with van der Waals surface area (Å²) in [5.74, 6) is -0.597. The van der Waals surface area contributed by atoms with E-state index in [4.69, 9.17) is 0 Å². The molecule has 0 aliphatic carbocycles. The smallest absolute Gasteiger partial charge is 0.258 e. The third-order valence-electron chi connectivity index (χ3n) is 2.90. The largest absolute Gasteiger partial charge is 0.269 e. The molecule has 0 saturated heterocycles. The van der Waals surface area contributed by atoms with Crippen LogP contribution in [0.3, 0.4) is 0 Å². The van der Waals surface area contributed by atoms with E-state index in [1.54, 1.807) is 6.07 Å². The number of amides is 2. The van der Waals surface area contributed by atoms with Gasteiger partial charge in [-0.3, -0.25) is 9.59 Å². The van der Waals surface area contributed by atoms with Gasteiger partial charge in [-0.1, -0.05) is 40.2 Å². The molecule has 0 unspecified atom stereocenters. The van der Waals surface area contributed by atoms with Crippen molar-refractivity contribution in [3.63, 3.8) is 0 Å². The fourth-order valence-electron chi connectivity index (χ4n) is 2.08. The van der Waals surface area contributed by atoms with E-state index in [9.17, 15) is 9.59 Å². The predicted octanol–water partition coefficient (Wildman–Crippen LogP) is 3.03. The zero-order chi connectivity index (χ0) is 12.7. The first-order valence-corrected chi connectivity index (χ1v) is 6.21. The first-order valence-electron chi connectivity index (χ1n) is 5.42. The number of imide groups is 1. The van der Waals surface area contributed by atoms with E-state index in [1.807, 2.05) is 30.3 Å². The number of rotatable bonds is 1. The summed E-state index contributed by atoms with van der Waals surface area (Å²) in [5, 5.41) is 1.85. The van der Waals surface area contributed by atoms with Crippen molar-refractivity contribution in [1.29, 1.82) is 0 Å². The summed E-state index contributed by atoms with van der Waals surface area (Å²) in [6.45, 7) is 0. The maximum absolute atomic E-state index is 11.7. The fourth-order valence-corrected chi connectivity index (χ4v) is 2.56. The van der Waals surface area contributed by atoms with Crippen molar-refractivity contribution in [2.24, 2.45) is 0 Å². The van der Waals surface area contributed by atoms with Crippen molar-refractivity contribution in [3.05, 3.63) is 53.0 Å². The van der Waals surface area contributed by atoms with Gasteiger partial charge in [0, 0.05) is 22.0 Å². The van der Waals surface area contributed by atoms with Gasteiger partial charge in [0.2, 0.25) is 0 Å². The second kappa shape index (κ2) is 4.07. The minimum Gasteiger partial charge on any atom is -0.269 e. The van der Waals surface area contributed by atoms with Crippen molar-refractivity contribution in [1.82, 2.24) is 0 Å². The number of nitrogens with zero attached hydrogens (tertiary/aromatic N) is 1. The van der Waals surface area contributed by atoms with Gasteiger partial charge in [0.05, 0.1) is 5.69 Å². The van der Waals surface area contributed by atoms with Gasteiger partial charge in [0.1, 0.15) is 0 Å². The second-order valence-corrected chi connectivity index (χ2v) is 4.81. The zero-order valence-electron chi connectivity index (χ0n) is 9.26. The van der Waals surface area contributed by atoms with Gasteiger partial charge < -0.3 is 0 Å². The number of benzene rings is 2. The molecule has 88 valence electrons. The van der Waals surface area contributed by atoms with Crippen LogP contribution in [0, 0.1) is 0 Å². The van der Waals surface area contributed by atoms with E-state index in [0.29, 0.717) is 5.69 Å². The molecular formula is C14H8BrNO2. The lowest BCUT2D eigenvalue weighted by atomic mass is 10.1. The average Bonchev–Trinajstić information content (AvgIpc) is 2.71. The molecule has 3 nitrogen and oxygen atoms in total. The number of hydrogen-bond donors (Lipinski definition) is 0. The van der Waals surface area contributed by atoms with Crippen molar-refractivity contribution in [2.75, 3.05) is 4.90 Å². The van der Waals surface area contributed by atoms with Crippen LogP contribution in [0.5, 0.6) is 0 Å². The van der Waals surface area contributed by atoms with E-state index in [0.717, 1.165) is 15.2 Å². The Labute approximate surface area is 112 Å². The molecule has 0 bridgehead atoms. The molecule has 18 heavy (non-hydrogen) atoms. The Hall–Kier alpha value is -1.94. The van der Waals surface area contributed by atoms with Gasteiger partial charge in [-0.15, -0.1) is 0 Å². The van der Waals surface area contributed by atoms with Crippen molar-refractivity contribution >= 4 is 44.2 Å². The molecule has 2 aromatic carbocycles. The molecule has 0 fully saturated rings. The molecule has 0 radical (unpaired) electrons. The summed E-state index contributed by atoms with van der Waals surface area (Å²) in [7, 11) is 0. The molecule has 2 aromatic rings. The quantitative estimate of drug-likeness (QED) is 0.759. The highest BCUT2D eigenvalue weighted by Gasteiger charge is 2.26. The lowest BCUT2D eigenvalue weighted by molar-refractivity contribution is -0.119. The standard InChI is InChI=1S/C14H8BrNO2/c15-11-5-6-12(10-4-2-1-3-9(10)11)16-13(17)7-8-14(16)18/h1-8H. The summed E-state index contributed by atoms with van der Waals surface area (Å²) in [5.41, 5.74) is 0.619. The Balaban J connectivity index is 2.28. The summed E-state index contributed by atoms with van der Waals surface area (Å²) in [4.78, 5) is 24.6. The summed E-state index contributed by atoms with van der Waals surface area (Å²) in [6.07, 6.45) is 2.58. The van der Waals surface area contributed by atoms with Crippen molar-refractivity contribution in [3.8, 4) is 0 Å². The fraction of sp³-hybridized carbons (Fsp3) is 0. The third-order valence-corrected chi connectivity index (χ3v) is 3.59. The molecule has 0 aromatic heterocycles. The summed E-state index contributed by atoms with van der Waals surface area (Å²) in [6, 6.07) is 11.3. The third kappa shape index (κ3) is 1.57. The molecule has 0 saturated carbocycles. The first kappa shape index (κ1) is 11.2. The Morgan fingerprint density at radius 2 is 1.44 bits per heavy atom. The Kier molecular flexibility index (Phi) is 2.52. The molecule has 0 N–H and O–H groups in total. The lowest BCUT2D eigenvalue weighted by Gasteiger charge is -2.16. The van der Waals surface area contributed by atoms with Crippen LogP contribution in [0.25, 0.3) is 10.8 Å². The molecular weight excluding hydrogens is 294 g/mol. The highest BCUT2D eigenvalue weighted by Crippen LogP contribution is 2.33. The topological polar surface area (TPSA) is 37.4 Å². The van der Waals surface area contributed by atoms with Crippen LogP contribution in [0.4, 0.5) is 5.69 Å². The summed E-state index contributed by atoms with van der Waals surface area (Å²) < 4.78 is 0.939. The van der Waals surface area contributed by atoms with Gasteiger partial charge >= 0.3 is 0 Å². The van der Waals surface area contributed by atoms with Crippen LogP contribution in [0.2, 0.25) is 0 Å². The molecule has 1 heterocycles. The normalized spacial score (nSPS) is 14.8. The van der Waals surface area contributed by atoms with E-state index in [2.05, 4.69) is 15.9 Å². The SMILES string of the molecule is O=C1C=CC(=O)N1c1ccc(Br)c2ccccc12. The van der Waals surface area contributed by atoms with Crippen LogP contribution in [0.1, 0.15) is 0 Å². The van der Waals surface area contributed by atoms with Gasteiger partial charge in [0.25, 0.3) is 11.8 Å². The van der Waals surface area contributed by atoms with Crippen LogP contribution in [-0.4, -0.2) is 11.8 Å². The Bertz CT molecular complexity index is 688. The monoisotopic (exact) mass is 301 g/mol. The molecule has 3 rings (SSSR count). The van der Waals surface area contributed by atoms with Crippen LogP contribution >= 0.6 is 15.9 Å².